The van der Waals surface area contributed by atoms with Crippen molar-refractivity contribution < 1.29 is 22.5 Å². The molecule has 0 radical (unpaired) electrons. The zero-order chi connectivity index (χ0) is 22.6. The van der Waals surface area contributed by atoms with Crippen LogP contribution in [0, 0.1) is 0 Å². The number of carbonyl (C=O) groups excluding carboxylic acids is 1. The molecule has 174 valence electrons. The Morgan fingerprint density at radius 3 is 2.41 bits per heavy atom. The van der Waals surface area contributed by atoms with Crippen molar-refractivity contribution in [2.24, 2.45) is 0 Å². The Morgan fingerprint density at radius 1 is 1.03 bits per heavy atom. The predicted molar refractivity (Wildman–Crippen MR) is 118 cm³/mol. The fourth-order valence-corrected chi connectivity index (χ4v) is 5.41. The number of amides is 1. The molecule has 4 rings (SSSR count). The third-order valence-corrected chi connectivity index (χ3v) is 8.02. The molecule has 0 atom stereocenters. The number of nitrogens with zero attached hydrogens (tertiary/aromatic N) is 5. The fourth-order valence-electron chi connectivity index (χ4n) is 3.72. The molecule has 10 nitrogen and oxygen atoms in total. The largest absolute Gasteiger partial charge is 0.378 e. The van der Waals surface area contributed by atoms with Crippen LogP contribution in [0.15, 0.2) is 38.2 Å². The lowest BCUT2D eigenvalue weighted by Gasteiger charge is -2.33. The maximum atomic E-state index is 12.8. The molecule has 2 saturated heterocycles. The van der Waals surface area contributed by atoms with E-state index in [9.17, 15) is 13.2 Å². The number of piperazine rings is 1. The van der Waals surface area contributed by atoms with E-state index >= 15 is 0 Å². The summed E-state index contributed by atoms with van der Waals surface area (Å²) in [6, 6.07) is 6.67. The quantitative estimate of drug-likeness (QED) is 0.527. The van der Waals surface area contributed by atoms with Crippen LogP contribution >= 0.6 is 15.9 Å². The van der Waals surface area contributed by atoms with Gasteiger partial charge in [-0.15, -0.1) is 0 Å². The molecular weight excluding hydrogens is 502 g/mol. The number of aromatic nitrogens is 2. The second kappa shape index (κ2) is 10.4. The normalized spacial score (nSPS) is 18.7. The number of hydrogen-bond acceptors (Lipinski definition) is 8. The first-order chi connectivity index (χ1) is 15.4. The standard InChI is InChI=1S/C20H26BrN5O5S/c21-16-1-3-17(4-2-16)32(28,29)26-9-7-24(8-10-26)15-18-22-19(31-23-18)5-6-20(27)25-11-13-30-14-12-25/h1-4H,5-15H2. The van der Waals surface area contributed by atoms with Crippen LogP contribution in [0.3, 0.4) is 0 Å². The van der Waals surface area contributed by atoms with Crippen molar-refractivity contribution in [2.45, 2.75) is 24.3 Å². The number of ether oxygens (including phenoxy) is 1. The second-order valence-electron chi connectivity index (χ2n) is 7.73. The van der Waals surface area contributed by atoms with Gasteiger partial charge in [-0.25, -0.2) is 8.42 Å². The lowest BCUT2D eigenvalue weighted by Crippen LogP contribution is -2.48. The molecule has 2 aliphatic rings. The van der Waals surface area contributed by atoms with Gasteiger partial charge in [-0.1, -0.05) is 21.1 Å². The van der Waals surface area contributed by atoms with E-state index in [1.54, 1.807) is 29.2 Å². The van der Waals surface area contributed by atoms with Gasteiger partial charge < -0.3 is 14.2 Å². The highest BCUT2D eigenvalue weighted by Gasteiger charge is 2.29. The van der Waals surface area contributed by atoms with E-state index < -0.39 is 10.0 Å². The highest BCUT2D eigenvalue weighted by atomic mass is 79.9. The van der Waals surface area contributed by atoms with Crippen molar-refractivity contribution in [1.82, 2.24) is 24.2 Å². The summed E-state index contributed by atoms with van der Waals surface area (Å²) in [4.78, 5) is 20.8. The van der Waals surface area contributed by atoms with E-state index in [0.29, 0.717) is 88.5 Å². The minimum absolute atomic E-state index is 0.0659. The van der Waals surface area contributed by atoms with Crippen molar-refractivity contribution in [1.29, 1.82) is 0 Å². The highest BCUT2D eigenvalue weighted by molar-refractivity contribution is 9.10. The SMILES string of the molecule is O=C(CCc1nc(CN2CCN(S(=O)(=O)c3ccc(Br)cc3)CC2)no1)N1CCOCC1. The van der Waals surface area contributed by atoms with Crippen molar-refractivity contribution in [2.75, 3.05) is 52.5 Å². The van der Waals surface area contributed by atoms with Crippen LogP contribution in [0.2, 0.25) is 0 Å². The maximum absolute atomic E-state index is 12.8. The van der Waals surface area contributed by atoms with E-state index in [4.69, 9.17) is 9.26 Å². The zero-order valence-corrected chi connectivity index (χ0v) is 20.1. The van der Waals surface area contributed by atoms with Gasteiger partial charge in [0.05, 0.1) is 24.7 Å². The minimum atomic E-state index is -3.50. The summed E-state index contributed by atoms with van der Waals surface area (Å²) in [5.74, 6) is 1.05. The monoisotopic (exact) mass is 527 g/mol. The summed E-state index contributed by atoms with van der Waals surface area (Å²) in [6.07, 6.45) is 0.733. The summed E-state index contributed by atoms with van der Waals surface area (Å²) >= 11 is 3.33. The summed E-state index contributed by atoms with van der Waals surface area (Å²) in [7, 11) is -3.50. The molecule has 2 aromatic rings. The van der Waals surface area contributed by atoms with Gasteiger partial charge in [0.25, 0.3) is 0 Å². The molecule has 2 fully saturated rings. The molecule has 1 aromatic heterocycles. The average Bonchev–Trinajstić information content (AvgIpc) is 3.26. The van der Waals surface area contributed by atoms with Gasteiger partial charge in [0, 0.05) is 56.6 Å². The molecule has 3 heterocycles. The van der Waals surface area contributed by atoms with Crippen LogP contribution in [-0.2, 0) is 32.5 Å². The number of benzene rings is 1. The molecule has 1 aromatic carbocycles. The topological polar surface area (TPSA) is 109 Å². The van der Waals surface area contributed by atoms with E-state index in [0.717, 1.165) is 4.47 Å². The molecule has 0 saturated carbocycles. The minimum Gasteiger partial charge on any atom is -0.378 e. The summed E-state index contributed by atoms with van der Waals surface area (Å²) in [6.45, 7) is 4.84. The van der Waals surface area contributed by atoms with Crippen molar-refractivity contribution in [3.05, 3.63) is 40.5 Å². The maximum Gasteiger partial charge on any atom is 0.243 e. The fraction of sp³-hybridized carbons (Fsp3) is 0.550. The smallest absolute Gasteiger partial charge is 0.243 e. The highest BCUT2D eigenvalue weighted by Crippen LogP contribution is 2.20. The molecule has 2 aliphatic heterocycles. The summed E-state index contributed by atoms with van der Waals surface area (Å²) < 4.78 is 38.5. The number of hydrogen-bond donors (Lipinski definition) is 0. The second-order valence-corrected chi connectivity index (χ2v) is 10.6. The molecule has 0 bridgehead atoms. The van der Waals surface area contributed by atoms with Crippen LogP contribution in [0.5, 0.6) is 0 Å². The molecule has 0 spiro atoms. The van der Waals surface area contributed by atoms with Crippen LogP contribution in [0.1, 0.15) is 18.1 Å². The Kier molecular flexibility index (Phi) is 7.56. The number of morpholine rings is 1. The van der Waals surface area contributed by atoms with Gasteiger partial charge in [-0.05, 0) is 24.3 Å². The van der Waals surface area contributed by atoms with Crippen molar-refractivity contribution >= 4 is 31.9 Å². The molecular formula is C20H26BrN5O5S. The van der Waals surface area contributed by atoms with Gasteiger partial charge in [0.15, 0.2) is 5.82 Å². The number of halogens is 1. The Hall–Kier alpha value is -1.86. The van der Waals surface area contributed by atoms with E-state index in [2.05, 4.69) is 31.0 Å². The summed E-state index contributed by atoms with van der Waals surface area (Å²) in [5, 5.41) is 4.02. The number of sulfonamides is 1. The van der Waals surface area contributed by atoms with Gasteiger partial charge >= 0.3 is 0 Å². The molecule has 12 heteroatoms. The van der Waals surface area contributed by atoms with Gasteiger partial charge in [-0.2, -0.15) is 9.29 Å². The van der Waals surface area contributed by atoms with E-state index in [1.807, 2.05) is 0 Å². The number of aryl methyl sites for hydroxylation is 1. The van der Waals surface area contributed by atoms with E-state index in [1.165, 1.54) is 4.31 Å². The van der Waals surface area contributed by atoms with Gasteiger partial charge in [-0.3, -0.25) is 9.69 Å². The first-order valence-corrected chi connectivity index (χ1v) is 12.8. The first kappa shape index (κ1) is 23.3. The number of rotatable bonds is 7. The van der Waals surface area contributed by atoms with Gasteiger partial charge in [0.1, 0.15) is 0 Å². The lowest BCUT2D eigenvalue weighted by molar-refractivity contribution is -0.135. The Bertz CT molecular complexity index is 1020. The van der Waals surface area contributed by atoms with Gasteiger partial charge in [0.2, 0.25) is 21.8 Å². The third kappa shape index (κ3) is 5.73. The third-order valence-electron chi connectivity index (χ3n) is 5.57. The molecule has 0 unspecified atom stereocenters. The van der Waals surface area contributed by atoms with Crippen molar-refractivity contribution in [3.63, 3.8) is 0 Å². The zero-order valence-electron chi connectivity index (χ0n) is 17.7. The van der Waals surface area contributed by atoms with Crippen molar-refractivity contribution in [3.8, 4) is 0 Å². The van der Waals surface area contributed by atoms with Crippen LogP contribution in [0.25, 0.3) is 0 Å². The first-order valence-electron chi connectivity index (χ1n) is 10.6. The average molecular weight is 528 g/mol. The molecule has 0 aliphatic carbocycles. The molecule has 32 heavy (non-hydrogen) atoms. The Balaban J connectivity index is 1.24. The Morgan fingerprint density at radius 2 is 1.72 bits per heavy atom. The van der Waals surface area contributed by atoms with Crippen LogP contribution in [-0.4, -0.2) is 91.1 Å². The molecule has 1 amide bonds. The van der Waals surface area contributed by atoms with Crippen LogP contribution in [0.4, 0.5) is 0 Å². The lowest BCUT2D eigenvalue weighted by atomic mass is 10.2. The number of carbonyl (C=O) groups is 1. The molecule has 0 N–H and O–H groups in total. The van der Waals surface area contributed by atoms with Crippen LogP contribution < -0.4 is 0 Å². The predicted octanol–water partition coefficient (Wildman–Crippen LogP) is 1.13. The van der Waals surface area contributed by atoms with E-state index in [-0.39, 0.29) is 5.91 Å². The Labute approximate surface area is 195 Å². The summed E-state index contributed by atoms with van der Waals surface area (Å²) in [5.41, 5.74) is 0.